The van der Waals surface area contributed by atoms with E-state index < -0.39 is 0 Å². The van der Waals surface area contributed by atoms with E-state index in [1.54, 1.807) is 12.1 Å². The van der Waals surface area contributed by atoms with Gasteiger partial charge in [0, 0.05) is 0 Å². The van der Waals surface area contributed by atoms with E-state index in [0.717, 1.165) is 5.30 Å². The molecule has 0 aliphatic carbocycles. The van der Waals surface area contributed by atoms with E-state index >= 15 is 0 Å². The second-order valence-electron chi connectivity index (χ2n) is 1.84. The fourth-order valence-corrected chi connectivity index (χ4v) is 1.04. The number of nitrogens with zero attached hydrogens (tertiary/aromatic N) is 1. The van der Waals surface area contributed by atoms with E-state index in [1.165, 1.54) is 6.07 Å². The summed E-state index contributed by atoms with van der Waals surface area (Å²) in [5, 5.41) is 0.731. The van der Waals surface area contributed by atoms with Crippen molar-refractivity contribution >= 4 is 26.9 Å². The van der Waals surface area contributed by atoms with Gasteiger partial charge >= 0.3 is 0 Å². The molecule has 10 heavy (non-hydrogen) atoms. The van der Waals surface area contributed by atoms with E-state index in [9.17, 15) is 4.39 Å². The molecule has 0 spiro atoms. The van der Waals surface area contributed by atoms with Gasteiger partial charge in [0.2, 0.25) is 0 Å². The van der Waals surface area contributed by atoms with Crippen LogP contribution in [0.5, 0.6) is 0 Å². The third kappa shape index (κ3) is 1.22. The van der Waals surface area contributed by atoms with Crippen LogP contribution >= 0.6 is 9.24 Å². The summed E-state index contributed by atoms with van der Waals surface area (Å²) >= 11 is 0. The lowest BCUT2D eigenvalue weighted by Crippen LogP contribution is -1.92. The van der Waals surface area contributed by atoms with Gasteiger partial charge in [0.25, 0.3) is 0 Å². The highest BCUT2D eigenvalue weighted by molar-refractivity contribution is 7.28. The van der Waals surface area contributed by atoms with Gasteiger partial charge in [-0.15, -0.1) is 9.24 Å². The Kier molecular flexibility index (Phi) is 2.13. The fourth-order valence-electron chi connectivity index (χ4n) is 0.699. The van der Waals surface area contributed by atoms with Gasteiger partial charge in [0.15, 0.2) is 0 Å². The average Bonchev–Trinajstić information content (AvgIpc) is 1.88. The summed E-state index contributed by atoms with van der Waals surface area (Å²) in [5.74, 6) is -0.331. The molecule has 0 saturated carbocycles. The predicted octanol–water partition coefficient (Wildman–Crippen LogP) is 1.66. The molecule has 52 valence electrons. The van der Waals surface area contributed by atoms with Gasteiger partial charge in [0.05, 0.1) is 0 Å². The number of aliphatic imine (C=N–C) groups is 1. The number of para-hydroxylation sites is 1. The summed E-state index contributed by atoms with van der Waals surface area (Å²) < 4.78 is 12.7. The van der Waals surface area contributed by atoms with Gasteiger partial charge in [-0.3, -0.25) is 4.99 Å². The molecule has 3 heteroatoms. The Balaban J connectivity index is 3.30. The molecule has 0 radical (unpaired) electrons. The van der Waals surface area contributed by atoms with Crippen LogP contribution in [0.15, 0.2) is 23.2 Å². The highest BCUT2D eigenvalue weighted by Gasteiger charge is 2.00. The summed E-state index contributed by atoms with van der Waals surface area (Å²) in [6, 6.07) is 4.75. The van der Waals surface area contributed by atoms with Gasteiger partial charge in [-0.1, -0.05) is 12.1 Å². The topological polar surface area (TPSA) is 12.4 Å². The molecule has 0 heterocycles. The normalized spacial score (nSPS) is 9.40. The molecule has 0 aliphatic rings. The van der Waals surface area contributed by atoms with Crippen LogP contribution in [0.1, 0.15) is 0 Å². The summed E-state index contributed by atoms with van der Waals surface area (Å²) in [7, 11) is 2.39. The number of benzene rings is 1. The van der Waals surface area contributed by atoms with Gasteiger partial charge in [-0.25, -0.2) is 4.39 Å². The van der Waals surface area contributed by atoms with Crippen LogP contribution in [0.4, 0.5) is 10.1 Å². The van der Waals surface area contributed by atoms with E-state index in [1.807, 2.05) is 0 Å². The Hall–Kier alpha value is -0.750. The molecule has 1 aromatic rings. The molecule has 0 N–H and O–H groups in total. The van der Waals surface area contributed by atoms with Crippen LogP contribution in [0.2, 0.25) is 0 Å². The molecule has 0 fully saturated rings. The molecule has 0 bridgehead atoms. The van der Waals surface area contributed by atoms with E-state index in [2.05, 4.69) is 20.9 Å². The lowest BCUT2D eigenvalue weighted by atomic mass is 10.3. The second kappa shape index (κ2) is 2.89. The first kappa shape index (κ1) is 7.36. The monoisotopic (exact) mass is 155 g/mol. The second-order valence-corrected chi connectivity index (χ2v) is 2.46. The molecule has 0 aliphatic heterocycles. The summed E-state index contributed by atoms with van der Waals surface area (Å²) in [6.07, 6.45) is 0. The van der Waals surface area contributed by atoms with Crippen molar-refractivity contribution in [2.75, 3.05) is 0 Å². The maximum atomic E-state index is 12.7. The van der Waals surface area contributed by atoms with Crippen LogP contribution in [0.3, 0.4) is 0 Å². The average molecular weight is 155 g/mol. The third-order valence-corrected chi connectivity index (χ3v) is 1.64. The van der Waals surface area contributed by atoms with Crippen LogP contribution in [-0.4, -0.2) is 6.72 Å². The van der Waals surface area contributed by atoms with E-state index in [4.69, 9.17) is 0 Å². The first-order valence-electron chi connectivity index (χ1n) is 2.76. The smallest absolute Gasteiger partial charge is 0.149 e. The molecular formula is C7H7FNP. The standard InChI is InChI=1S/C7H7FNP/c1-9-7-5(8)3-2-4-6(7)10/h2-4H,1,10H2. The minimum atomic E-state index is -0.331. The summed E-state index contributed by atoms with van der Waals surface area (Å²) in [6.45, 7) is 3.25. The van der Waals surface area contributed by atoms with Crippen molar-refractivity contribution in [3.63, 3.8) is 0 Å². The van der Waals surface area contributed by atoms with Crippen LogP contribution in [-0.2, 0) is 0 Å². The quantitative estimate of drug-likeness (QED) is 0.432. The zero-order valence-electron chi connectivity index (χ0n) is 5.34. The predicted molar refractivity (Wildman–Crippen MR) is 45.0 cm³/mol. The van der Waals surface area contributed by atoms with Gasteiger partial charge in [-0.05, 0) is 18.1 Å². The molecule has 0 saturated heterocycles. The van der Waals surface area contributed by atoms with Crippen molar-refractivity contribution in [3.8, 4) is 0 Å². The highest BCUT2D eigenvalue weighted by Crippen LogP contribution is 2.15. The Morgan fingerprint density at radius 3 is 2.60 bits per heavy atom. The molecule has 1 nitrogen and oxygen atoms in total. The van der Waals surface area contributed by atoms with Gasteiger partial charge < -0.3 is 0 Å². The molecule has 0 amide bonds. The summed E-state index contributed by atoms with van der Waals surface area (Å²) in [5.41, 5.74) is 0.313. The largest absolute Gasteiger partial charge is 0.261 e. The molecule has 0 aromatic heterocycles. The van der Waals surface area contributed by atoms with Crippen molar-refractivity contribution < 1.29 is 4.39 Å². The SMILES string of the molecule is C=Nc1c(F)cccc1P. The third-order valence-electron chi connectivity index (χ3n) is 1.18. The van der Waals surface area contributed by atoms with E-state index in [0.29, 0.717) is 5.69 Å². The minimum absolute atomic E-state index is 0.313. The number of hydrogen-bond acceptors (Lipinski definition) is 1. The van der Waals surface area contributed by atoms with Crippen LogP contribution < -0.4 is 5.30 Å². The Morgan fingerprint density at radius 1 is 1.50 bits per heavy atom. The molecule has 1 aromatic carbocycles. The Labute approximate surface area is 61.2 Å². The fraction of sp³-hybridized carbons (Fsp3) is 0. The van der Waals surface area contributed by atoms with Crippen molar-refractivity contribution in [2.24, 2.45) is 4.99 Å². The zero-order chi connectivity index (χ0) is 7.56. The van der Waals surface area contributed by atoms with Crippen LogP contribution in [0, 0.1) is 5.82 Å². The van der Waals surface area contributed by atoms with Gasteiger partial charge in [0.1, 0.15) is 11.5 Å². The number of rotatable bonds is 1. The first-order chi connectivity index (χ1) is 4.75. The van der Waals surface area contributed by atoms with Gasteiger partial charge in [-0.2, -0.15) is 0 Å². The zero-order valence-corrected chi connectivity index (χ0v) is 6.50. The van der Waals surface area contributed by atoms with Crippen molar-refractivity contribution in [1.29, 1.82) is 0 Å². The molecule has 1 atom stereocenters. The number of halogens is 1. The Morgan fingerprint density at radius 2 is 2.20 bits per heavy atom. The first-order valence-corrected chi connectivity index (χ1v) is 3.34. The summed E-state index contributed by atoms with van der Waals surface area (Å²) in [4.78, 5) is 3.52. The highest BCUT2D eigenvalue weighted by atomic mass is 31.0. The Bertz CT molecular complexity index is 240. The molecular weight excluding hydrogens is 148 g/mol. The van der Waals surface area contributed by atoms with Crippen molar-refractivity contribution in [2.45, 2.75) is 0 Å². The van der Waals surface area contributed by atoms with E-state index in [-0.39, 0.29) is 5.82 Å². The molecule has 1 rings (SSSR count). The maximum absolute atomic E-state index is 12.7. The number of hydrogen-bond donors (Lipinski definition) is 0. The van der Waals surface area contributed by atoms with Crippen molar-refractivity contribution in [1.82, 2.24) is 0 Å². The minimum Gasteiger partial charge on any atom is -0.261 e. The van der Waals surface area contributed by atoms with Crippen molar-refractivity contribution in [3.05, 3.63) is 24.0 Å². The lowest BCUT2D eigenvalue weighted by molar-refractivity contribution is 0.631. The lowest BCUT2D eigenvalue weighted by Gasteiger charge is -1.97. The maximum Gasteiger partial charge on any atom is 0.149 e. The molecule has 1 unspecified atom stereocenters. The van der Waals surface area contributed by atoms with Crippen LogP contribution in [0.25, 0.3) is 0 Å².